The molecule has 1 heterocycles. The van der Waals surface area contributed by atoms with Crippen LogP contribution in [0.4, 0.5) is 0 Å². The Balaban J connectivity index is 2.00. The van der Waals surface area contributed by atoms with Crippen LogP contribution in [0.3, 0.4) is 0 Å². The molecular weight excluding hydrogens is 257 g/mol. The summed E-state index contributed by atoms with van der Waals surface area (Å²) in [5, 5.41) is 4.74. The normalized spacial score (nSPS) is 28.6. The molecule has 0 aliphatic carbocycles. The maximum atomic E-state index is 5.99. The van der Waals surface area contributed by atoms with E-state index in [9.17, 15) is 0 Å². The van der Waals surface area contributed by atoms with Gasteiger partial charge in [-0.25, -0.2) is 0 Å². The van der Waals surface area contributed by atoms with Crippen molar-refractivity contribution >= 4 is 23.2 Å². The lowest BCUT2D eigenvalue weighted by molar-refractivity contribution is 0.0881. The highest BCUT2D eigenvalue weighted by atomic mass is 35.5. The predicted molar refractivity (Wildman–Crippen MR) is 71.7 cm³/mol. The van der Waals surface area contributed by atoms with Gasteiger partial charge in [0.25, 0.3) is 0 Å². The Kier molecular flexibility index (Phi) is 3.99. The highest BCUT2D eigenvalue weighted by Crippen LogP contribution is 2.26. The van der Waals surface area contributed by atoms with Crippen molar-refractivity contribution in [3.05, 3.63) is 33.8 Å². The van der Waals surface area contributed by atoms with Crippen molar-refractivity contribution < 1.29 is 4.74 Å². The Bertz CT molecular complexity index is 410. The van der Waals surface area contributed by atoms with Crippen molar-refractivity contribution in [3.8, 4) is 0 Å². The van der Waals surface area contributed by atoms with E-state index < -0.39 is 0 Å². The zero-order valence-corrected chi connectivity index (χ0v) is 11.6. The van der Waals surface area contributed by atoms with Gasteiger partial charge >= 0.3 is 0 Å². The Hall–Kier alpha value is -0.280. The van der Waals surface area contributed by atoms with Crippen LogP contribution >= 0.6 is 23.2 Å². The van der Waals surface area contributed by atoms with Crippen LogP contribution in [-0.2, 0) is 11.3 Å². The number of nitrogens with one attached hydrogen (secondary N) is 1. The quantitative estimate of drug-likeness (QED) is 0.908. The Morgan fingerprint density at radius 1 is 1.41 bits per heavy atom. The van der Waals surface area contributed by atoms with E-state index in [4.69, 9.17) is 27.9 Å². The third-order valence-corrected chi connectivity index (χ3v) is 4.31. The van der Waals surface area contributed by atoms with Gasteiger partial charge in [-0.2, -0.15) is 0 Å². The van der Waals surface area contributed by atoms with Crippen molar-refractivity contribution in [1.29, 1.82) is 0 Å². The van der Waals surface area contributed by atoms with Gasteiger partial charge in [0.1, 0.15) is 0 Å². The molecular formula is C13H17Cl2NO. The van der Waals surface area contributed by atoms with Crippen molar-refractivity contribution in [3.63, 3.8) is 0 Å². The van der Waals surface area contributed by atoms with E-state index in [1.807, 2.05) is 18.2 Å². The summed E-state index contributed by atoms with van der Waals surface area (Å²) < 4.78 is 5.59. The van der Waals surface area contributed by atoms with E-state index in [0.29, 0.717) is 10.0 Å². The van der Waals surface area contributed by atoms with Gasteiger partial charge in [-0.1, -0.05) is 29.3 Å². The number of rotatable bonds is 3. The minimum Gasteiger partial charge on any atom is -0.377 e. The molecule has 1 aromatic carbocycles. The summed E-state index contributed by atoms with van der Waals surface area (Å²) in [6.45, 7) is 5.91. The maximum absolute atomic E-state index is 5.99. The van der Waals surface area contributed by atoms with Crippen molar-refractivity contribution in [2.24, 2.45) is 0 Å². The molecule has 17 heavy (non-hydrogen) atoms. The van der Waals surface area contributed by atoms with Crippen LogP contribution in [0.2, 0.25) is 10.0 Å². The molecule has 0 amide bonds. The summed E-state index contributed by atoms with van der Waals surface area (Å²) in [5.41, 5.74) is 1.19. The minimum atomic E-state index is 0.0477. The second-order valence-corrected chi connectivity index (χ2v) is 5.60. The highest BCUT2D eigenvalue weighted by Gasteiger charge is 2.36. The first-order valence-electron chi connectivity index (χ1n) is 5.82. The van der Waals surface area contributed by atoms with E-state index >= 15 is 0 Å². The molecule has 0 bridgehead atoms. The van der Waals surface area contributed by atoms with Gasteiger partial charge in [-0.05, 0) is 38.0 Å². The van der Waals surface area contributed by atoms with Crippen molar-refractivity contribution in [2.45, 2.75) is 38.5 Å². The fourth-order valence-corrected chi connectivity index (χ4v) is 2.34. The predicted octanol–water partition coefficient (Wildman–Crippen LogP) is 3.65. The Morgan fingerprint density at radius 3 is 2.76 bits per heavy atom. The summed E-state index contributed by atoms with van der Waals surface area (Å²) >= 11 is 11.9. The molecule has 2 unspecified atom stereocenters. The van der Waals surface area contributed by atoms with Gasteiger partial charge in [-0.3, -0.25) is 0 Å². The minimum absolute atomic E-state index is 0.0477. The van der Waals surface area contributed by atoms with Gasteiger partial charge < -0.3 is 10.1 Å². The molecule has 1 saturated heterocycles. The summed E-state index contributed by atoms with van der Waals surface area (Å²) in [6, 6.07) is 5.73. The largest absolute Gasteiger partial charge is 0.377 e. The first kappa shape index (κ1) is 13.2. The number of hydrogen-bond acceptors (Lipinski definition) is 2. The standard InChI is InChI=1S/C13H17Cl2NO/c1-9-13(2,5-6-17-9)16-8-10-3-4-11(14)12(15)7-10/h3-4,7,9,16H,5-6,8H2,1-2H3. The summed E-state index contributed by atoms with van der Waals surface area (Å²) in [4.78, 5) is 0. The number of ether oxygens (including phenoxy) is 1. The molecule has 0 aromatic heterocycles. The molecule has 2 rings (SSSR count). The Morgan fingerprint density at radius 2 is 2.18 bits per heavy atom. The van der Waals surface area contributed by atoms with Crippen LogP contribution < -0.4 is 5.32 Å². The third-order valence-electron chi connectivity index (χ3n) is 3.57. The van der Waals surface area contributed by atoms with Crippen LogP contribution in [-0.4, -0.2) is 18.2 Å². The molecule has 1 N–H and O–H groups in total. The smallest absolute Gasteiger partial charge is 0.0726 e. The van der Waals surface area contributed by atoms with Crippen LogP contribution in [0.1, 0.15) is 25.8 Å². The zero-order valence-electron chi connectivity index (χ0n) is 10.1. The van der Waals surface area contributed by atoms with Gasteiger partial charge in [-0.15, -0.1) is 0 Å². The molecule has 0 saturated carbocycles. The van der Waals surface area contributed by atoms with Gasteiger partial charge in [0.05, 0.1) is 16.1 Å². The van der Waals surface area contributed by atoms with Crippen LogP contribution in [0.25, 0.3) is 0 Å². The Labute approximate surface area is 112 Å². The number of benzene rings is 1. The van der Waals surface area contributed by atoms with Gasteiger partial charge in [0.15, 0.2) is 0 Å². The fourth-order valence-electron chi connectivity index (χ4n) is 2.02. The first-order valence-corrected chi connectivity index (χ1v) is 6.57. The molecule has 0 spiro atoms. The first-order chi connectivity index (χ1) is 8.01. The van der Waals surface area contributed by atoms with E-state index in [1.54, 1.807) is 0 Å². The second-order valence-electron chi connectivity index (χ2n) is 4.78. The summed E-state index contributed by atoms with van der Waals surface area (Å²) in [6.07, 6.45) is 1.28. The molecule has 1 aliphatic rings. The summed E-state index contributed by atoms with van der Waals surface area (Å²) in [7, 11) is 0. The molecule has 1 aromatic rings. The van der Waals surface area contributed by atoms with Crippen LogP contribution in [0.5, 0.6) is 0 Å². The average Bonchev–Trinajstić information content (AvgIpc) is 2.62. The molecule has 94 valence electrons. The van der Waals surface area contributed by atoms with E-state index in [2.05, 4.69) is 19.2 Å². The zero-order chi connectivity index (χ0) is 12.5. The number of halogens is 2. The highest BCUT2D eigenvalue weighted by molar-refractivity contribution is 6.42. The molecule has 2 nitrogen and oxygen atoms in total. The monoisotopic (exact) mass is 273 g/mol. The van der Waals surface area contributed by atoms with Gasteiger partial charge in [0.2, 0.25) is 0 Å². The lowest BCUT2D eigenvalue weighted by atomic mass is 9.94. The molecule has 1 fully saturated rings. The average molecular weight is 274 g/mol. The van der Waals surface area contributed by atoms with E-state index in [-0.39, 0.29) is 11.6 Å². The maximum Gasteiger partial charge on any atom is 0.0726 e. The summed E-state index contributed by atoms with van der Waals surface area (Å²) in [5.74, 6) is 0. The van der Waals surface area contributed by atoms with Crippen LogP contribution in [0, 0.1) is 0 Å². The van der Waals surface area contributed by atoms with E-state index in [1.165, 1.54) is 0 Å². The lowest BCUT2D eigenvalue weighted by Crippen LogP contribution is -2.47. The molecule has 0 radical (unpaired) electrons. The topological polar surface area (TPSA) is 21.3 Å². The lowest BCUT2D eigenvalue weighted by Gasteiger charge is -2.29. The molecule has 4 heteroatoms. The molecule has 2 atom stereocenters. The number of hydrogen-bond donors (Lipinski definition) is 1. The van der Waals surface area contributed by atoms with Crippen molar-refractivity contribution in [1.82, 2.24) is 5.32 Å². The van der Waals surface area contributed by atoms with E-state index in [0.717, 1.165) is 25.1 Å². The van der Waals surface area contributed by atoms with Gasteiger partial charge in [0, 0.05) is 18.7 Å². The van der Waals surface area contributed by atoms with Crippen LogP contribution in [0.15, 0.2) is 18.2 Å². The second kappa shape index (κ2) is 5.15. The third kappa shape index (κ3) is 2.94. The SMILES string of the molecule is CC1OCCC1(C)NCc1ccc(Cl)c(Cl)c1. The fraction of sp³-hybridized carbons (Fsp3) is 0.538. The molecule has 1 aliphatic heterocycles. The van der Waals surface area contributed by atoms with Crippen molar-refractivity contribution in [2.75, 3.05) is 6.61 Å².